The monoisotopic (exact) mass is 271 g/mol. The van der Waals surface area contributed by atoms with Crippen molar-refractivity contribution in [2.75, 3.05) is 18.5 Å². The molecule has 106 valence electrons. The Kier molecular flexibility index (Phi) is 3.74. The molecule has 0 saturated heterocycles. The van der Waals surface area contributed by atoms with Gasteiger partial charge in [0.25, 0.3) is 0 Å². The molecule has 0 amide bonds. The molecule has 1 atom stereocenters. The second-order valence-corrected chi connectivity index (χ2v) is 5.21. The number of hydrogen-bond acceptors (Lipinski definition) is 3. The summed E-state index contributed by atoms with van der Waals surface area (Å²) in [6, 6.07) is 8.56. The van der Waals surface area contributed by atoms with Gasteiger partial charge in [-0.05, 0) is 24.0 Å². The van der Waals surface area contributed by atoms with Crippen LogP contribution >= 0.6 is 0 Å². The molecule has 0 fully saturated rings. The van der Waals surface area contributed by atoms with Crippen molar-refractivity contribution in [2.24, 2.45) is 7.05 Å². The van der Waals surface area contributed by atoms with Crippen LogP contribution in [0.1, 0.15) is 29.8 Å². The van der Waals surface area contributed by atoms with Crippen LogP contribution < -0.4 is 5.32 Å². The second kappa shape index (κ2) is 5.67. The van der Waals surface area contributed by atoms with Crippen LogP contribution in [0.15, 0.2) is 30.5 Å². The van der Waals surface area contributed by atoms with Gasteiger partial charge in [0.1, 0.15) is 0 Å². The van der Waals surface area contributed by atoms with Crippen molar-refractivity contribution in [1.82, 2.24) is 9.78 Å². The Bertz CT molecular complexity index is 591. The largest absolute Gasteiger partial charge is 0.379 e. The summed E-state index contributed by atoms with van der Waals surface area (Å²) in [5.74, 6) is 0. The van der Waals surface area contributed by atoms with Gasteiger partial charge in [0, 0.05) is 19.8 Å². The fourth-order valence-corrected chi connectivity index (χ4v) is 2.79. The van der Waals surface area contributed by atoms with E-state index in [1.807, 2.05) is 17.9 Å². The minimum atomic E-state index is 0.130. The summed E-state index contributed by atoms with van der Waals surface area (Å²) in [6.45, 7) is 3.71. The summed E-state index contributed by atoms with van der Waals surface area (Å²) < 4.78 is 7.77. The molecule has 1 N–H and O–H groups in total. The zero-order chi connectivity index (χ0) is 13.9. The zero-order valence-corrected chi connectivity index (χ0v) is 12.1. The Morgan fingerprint density at radius 2 is 2.25 bits per heavy atom. The maximum absolute atomic E-state index is 5.92. The van der Waals surface area contributed by atoms with E-state index in [0.29, 0.717) is 0 Å². The molecule has 1 aliphatic heterocycles. The number of aryl methyl sites for hydroxylation is 2. The number of ether oxygens (including phenoxy) is 1. The van der Waals surface area contributed by atoms with Crippen LogP contribution in [0.2, 0.25) is 0 Å². The third-order valence-corrected chi connectivity index (χ3v) is 3.81. The molecule has 1 unspecified atom stereocenters. The third-order valence-electron chi connectivity index (χ3n) is 3.81. The first-order valence-electron chi connectivity index (χ1n) is 7.23. The Labute approximate surface area is 119 Å². The fraction of sp³-hybridized carbons (Fsp3) is 0.438. The van der Waals surface area contributed by atoms with Gasteiger partial charge >= 0.3 is 0 Å². The lowest BCUT2D eigenvalue weighted by molar-refractivity contribution is 0.0513. The average molecular weight is 271 g/mol. The van der Waals surface area contributed by atoms with E-state index >= 15 is 0 Å². The summed E-state index contributed by atoms with van der Waals surface area (Å²) >= 11 is 0. The predicted molar refractivity (Wildman–Crippen MR) is 79.9 cm³/mol. The molecule has 1 aromatic heterocycles. The second-order valence-electron chi connectivity index (χ2n) is 5.21. The summed E-state index contributed by atoms with van der Waals surface area (Å²) in [5, 5.41) is 7.94. The highest BCUT2D eigenvalue weighted by atomic mass is 16.5. The number of fused-ring (bicyclic) bond motifs is 1. The molecule has 2 aromatic rings. The lowest BCUT2D eigenvalue weighted by Gasteiger charge is -2.26. The van der Waals surface area contributed by atoms with E-state index in [9.17, 15) is 0 Å². The number of benzene rings is 1. The van der Waals surface area contributed by atoms with E-state index in [-0.39, 0.29) is 6.10 Å². The first kappa shape index (κ1) is 13.2. The van der Waals surface area contributed by atoms with Crippen molar-refractivity contribution in [2.45, 2.75) is 25.9 Å². The van der Waals surface area contributed by atoms with Crippen LogP contribution in [0, 0.1) is 0 Å². The normalized spacial score (nSPS) is 17.8. The number of nitrogens with one attached hydrogen (secondary N) is 1. The summed E-state index contributed by atoms with van der Waals surface area (Å²) in [7, 11) is 1.96. The lowest BCUT2D eigenvalue weighted by Crippen LogP contribution is -2.22. The molecular weight excluding hydrogens is 250 g/mol. The quantitative estimate of drug-likeness (QED) is 0.929. The van der Waals surface area contributed by atoms with E-state index in [2.05, 4.69) is 41.6 Å². The number of rotatable bonds is 4. The summed E-state index contributed by atoms with van der Waals surface area (Å²) in [6.07, 6.45) is 4.11. The van der Waals surface area contributed by atoms with Gasteiger partial charge in [-0.1, -0.05) is 31.2 Å². The van der Waals surface area contributed by atoms with E-state index < -0.39 is 0 Å². The van der Waals surface area contributed by atoms with Crippen molar-refractivity contribution in [3.63, 3.8) is 0 Å². The number of nitrogens with zero attached hydrogens (tertiary/aromatic N) is 2. The van der Waals surface area contributed by atoms with Crippen LogP contribution in [-0.2, 0) is 24.6 Å². The van der Waals surface area contributed by atoms with Crippen LogP contribution in [0.25, 0.3) is 0 Å². The molecular formula is C16H21N3O. The maximum atomic E-state index is 5.92. The highest BCUT2D eigenvalue weighted by Crippen LogP contribution is 2.27. The molecule has 0 radical (unpaired) electrons. The molecule has 20 heavy (non-hydrogen) atoms. The van der Waals surface area contributed by atoms with E-state index in [1.165, 1.54) is 11.1 Å². The molecule has 0 bridgehead atoms. The Morgan fingerprint density at radius 3 is 3.10 bits per heavy atom. The van der Waals surface area contributed by atoms with Crippen molar-refractivity contribution in [3.05, 3.63) is 47.3 Å². The van der Waals surface area contributed by atoms with Crippen molar-refractivity contribution in [3.8, 4) is 0 Å². The van der Waals surface area contributed by atoms with Gasteiger partial charge in [-0.15, -0.1) is 0 Å². The molecule has 4 heteroatoms. The van der Waals surface area contributed by atoms with Crippen molar-refractivity contribution >= 4 is 5.69 Å². The molecule has 3 rings (SSSR count). The Balaban J connectivity index is 1.73. The van der Waals surface area contributed by atoms with Gasteiger partial charge in [-0.25, -0.2) is 0 Å². The van der Waals surface area contributed by atoms with Gasteiger partial charge in [-0.2, -0.15) is 5.10 Å². The standard InChI is InChI=1S/C16H21N3O/c1-3-14-15(11-19(2)18-14)17-10-16-13-7-5-4-6-12(13)8-9-20-16/h4-7,11,16-17H,3,8-10H2,1-2H3. The van der Waals surface area contributed by atoms with Crippen molar-refractivity contribution in [1.29, 1.82) is 0 Å². The van der Waals surface area contributed by atoms with E-state index in [0.717, 1.165) is 37.4 Å². The van der Waals surface area contributed by atoms with Crippen LogP contribution in [0.4, 0.5) is 5.69 Å². The highest BCUT2D eigenvalue weighted by Gasteiger charge is 2.20. The smallest absolute Gasteiger partial charge is 0.0999 e. The molecule has 0 saturated carbocycles. The van der Waals surface area contributed by atoms with Gasteiger partial charge in [-0.3, -0.25) is 4.68 Å². The van der Waals surface area contributed by atoms with Crippen LogP contribution in [0.3, 0.4) is 0 Å². The summed E-state index contributed by atoms with van der Waals surface area (Å²) in [4.78, 5) is 0. The topological polar surface area (TPSA) is 39.1 Å². The Hall–Kier alpha value is -1.81. The third kappa shape index (κ3) is 2.56. The zero-order valence-electron chi connectivity index (χ0n) is 12.1. The highest BCUT2D eigenvalue weighted by molar-refractivity contribution is 5.47. The first-order chi connectivity index (χ1) is 9.78. The minimum Gasteiger partial charge on any atom is -0.379 e. The van der Waals surface area contributed by atoms with Crippen molar-refractivity contribution < 1.29 is 4.74 Å². The lowest BCUT2D eigenvalue weighted by atomic mass is 9.97. The fourth-order valence-electron chi connectivity index (χ4n) is 2.79. The SMILES string of the molecule is CCc1nn(C)cc1NCC1OCCc2ccccc21. The molecule has 0 aliphatic carbocycles. The van der Waals surface area contributed by atoms with Gasteiger partial charge in [0.2, 0.25) is 0 Å². The first-order valence-corrected chi connectivity index (χ1v) is 7.23. The minimum absolute atomic E-state index is 0.130. The Morgan fingerprint density at radius 1 is 1.40 bits per heavy atom. The van der Waals surface area contributed by atoms with E-state index in [1.54, 1.807) is 0 Å². The van der Waals surface area contributed by atoms with E-state index in [4.69, 9.17) is 4.74 Å². The van der Waals surface area contributed by atoms with Crippen LogP contribution in [-0.4, -0.2) is 22.9 Å². The summed E-state index contributed by atoms with van der Waals surface area (Å²) in [5.41, 5.74) is 4.94. The number of hydrogen-bond donors (Lipinski definition) is 1. The van der Waals surface area contributed by atoms with Gasteiger partial charge in [0.05, 0.1) is 24.1 Å². The molecule has 0 spiro atoms. The molecule has 1 aliphatic rings. The van der Waals surface area contributed by atoms with Gasteiger partial charge < -0.3 is 10.1 Å². The van der Waals surface area contributed by atoms with Gasteiger partial charge in [0.15, 0.2) is 0 Å². The number of aromatic nitrogens is 2. The molecule has 2 heterocycles. The maximum Gasteiger partial charge on any atom is 0.0999 e. The number of anilines is 1. The average Bonchev–Trinajstić information content (AvgIpc) is 2.85. The molecule has 4 nitrogen and oxygen atoms in total. The van der Waals surface area contributed by atoms with Crippen LogP contribution in [0.5, 0.6) is 0 Å². The molecule has 1 aromatic carbocycles. The predicted octanol–water partition coefficient (Wildman–Crippen LogP) is 2.71.